The van der Waals surface area contributed by atoms with Crippen molar-refractivity contribution >= 4 is 23.1 Å². The molecule has 94 valence electrons. The Morgan fingerprint density at radius 3 is 2.94 bits per heavy atom. The monoisotopic (exact) mass is 264 g/mol. The van der Waals surface area contributed by atoms with Crippen molar-refractivity contribution in [1.82, 2.24) is 9.55 Å². The highest BCUT2D eigenvalue weighted by molar-refractivity contribution is 7.98. The van der Waals surface area contributed by atoms with E-state index in [1.165, 1.54) is 17.8 Å². The van der Waals surface area contributed by atoms with Crippen molar-refractivity contribution in [1.29, 1.82) is 0 Å². The van der Waals surface area contributed by atoms with E-state index in [4.69, 9.17) is 5.73 Å². The number of nitrogens with two attached hydrogens (primary N) is 1. The summed E-state index contributed by atoms with van der Waals surface area (Å²) in [6.45, 7) is 0. The van der Waals surface area contributed by atoms with Gasteiger partial charge in [0.2, 0.25) is 0 Å². The first kappa shape index (κ1) is 12.4. The fraction of sp³-hybridized carbons (Fsp3) is 0.182. The number of benzene rings is 1. The second kappa shape index (κ2) is 5.09. The van der Waals surface area contributed by atoms with Gasteiger partial charge in [0.15, 0.2) is 5.16 Å². The minimum absolute atomic E-state index is 0.0482. The van der Waals surface area contributed by atoms with Crippen LogP contribution in [0.1, 0.15) is 5.56 Å². The van der Waals surface area contributed by atoms with Gasteiger partial charge in [0.05, 0.1) is 4.92 Å². The van der Waals surface area contributed by atoms with Crippen LogP contribution in [0.5, 0.6) is 0 Å². The number of aromatic nitrogens is 2. The van der Waals surface area contributed by atoms with Gasteiger partial charge >= 0.3 is 0 Å². The second-order valence-corrected chi connectivity index (χ2v) is 4.70. The molecule has 18 heavy (non-hydrogen) atoms. The molecule has 1 heterocycles. The summed E-state index contributed by atoms with van der Waals surface area (Å²) in [6, 6.07) is 4.86. The lowest BCUT2D eigenvalue weighted by Crippen LogP contribution is -1.97. The Labute approximate surface area is 108 Å². The van der Waals surface area contributed by atoms with Crippen molar-refractivity contribution in [2.75, 3.05) is 5.73 Å². The van der Waals surface area contributed by atoms with Crippen LogP contribution in [-0.2, 0) is 12.8 Å². The van der Waals surface area contributed by atoms with Crippen LogP contribution < -0.4 is 5.73 Å². The maximum atomic E-state index is 10.8. The van der Waals surface area contributed by atoms with Crippen LogP contribution in [0.4, 0.5) is 11.4 Å². The Kier molecular flexibility index (Phi) is 3.52. The van der Waals surface area contributed by atoms with E-state index in [9.17, 15) is 10.1 Å². The molecule has 0 unspecified atom stereocenters. The SMILES string of the molecule is Cn1ccnc1SCc1ccc(N)c([N+](=O)[O-])c1. The molecule has 0 saturated carbocycles. The molecule has 2 N–H and O–H groups in total. The molecule has 0 atom stereocenters. The quantitative estimate of drug-likeness (QED) is 0.396. The van der Waals surface area contributed by atoms with E-state index in [0.717, 1.165) is 10.7 Å². The Morgan fingerprint density at radius 1 is 1.56 bits per heavy atom. The second-order valence-electron chi connectivity index (χ2n) is 3.76. The highest BCUT2D eigenvalue weighted by atomic mass is 32.2. The van der Waals surface area contributed by atoms with Crippen LogP contribution in [0, 0.1) is 10.1 Å². The first-order valence-corrected chi connectivity index (χ1v) is 6.19. The number of nitro groups is 1. The molecule has 2 aromatic rings. The predicted octanol–water partition coefficient (Wildman–Crippen LogP) is 2.20. The van der Waals surface area contributed by atoms with Crippen LogP contribution in [0.3, 0.4) is 0 Å². The van der Waals surface area contributed by atoms with Crippen LogP contribution in [0.2, 0.25) is 0 Å². The zero-order valence-corrected chi connectivity index (χ0v) is 10.6. The summed E-state index contributed by atoms with van der Waals surface area (Å²) in [5.41, 5.74) is 6.53. The third-order valence-electron chi connectivity index (χ3n) is 2.44. The number of nitrogens with zero attached hydrogens (tertiary/aromatic N) is 3. The first-order chi connectivity index (χ1) is 8.58. The lowest BCUT2D eigenvalue weighted by Gasteiger charge is -2.03. The van der Waals surface area contributed by atoms with E-state index in [2.05, 4.69) is 4.98 Å². The molecule has 7 heteroatoms. The van der Waals surface area contributed by atoms with Crippen LogP contribution in [0.15, 0.2) is 35.7 Å². The van der Waals surface area contributed by atoms with Crippen LogP contribution in [-0.4, -0.2) is 14.5 Å². The number of nitro benzene ring substituents is 1. The molecular formula is C11H12N4O2S. The molecule has 0 aliphatic heterocycles. The van der Waals surface area contributed by atoms with Crippen molar-refractivity contribution < 1.29 is 4.92 Å². The van der Waals surface area contributed by atoms with Crippen molar-refractivity contribution in [3.05, 3.63) is 46.3 Å². The Bertz CT molecular complexity index is 582. The topological polar surface area (TPSA) is 87.0 Å². The third-order valence-corrected chi connectivity index (χ3v) is 3.57. The molecule has 6 nitrogen and oxygen atoms in total. The van der Waals surface area contributed by atoms with Crippen molar-refractivity contribution in [3.8, 4) is 0 Å². The van der Waals surface area contributed by atoms with E-state index < -0.39 is 4.92 Å². The number of nitrogen functional groups attached to an aromatic ring is 1. The van der Waals surface area contributed by atoms with E-state index in [0.29, 0.717) is 5.75 Å². The molecule has 1 aromatic carbocycles. The summed E-state index contributed by atoms with van der Waals surface area (Å²) in [5, 5.41) is 11.6. The number of hydrogen-bond donors (Lipinski definition) is 1. The molecule has 2 rings (SSSR count). The number of aryl methyl sites for hydroxylation is 1. The van der Waals surface area contributed by atoms with Gasteiger partial charge in [-0.3, -0.25) is 10.1 Å². The molecule has 0 radical (unpaired) electrons. The van der Waals surface area contributed by atoms with Crippen molar-refractivity contribution in [2.24, 2.45) is 7.05 Å². The summed E-state index contributed by atoms with van der Waals surface area (Å²) in [6.07, 6.45) is 3.57. The molecule has 0 spiro atoms. The number of imidazole rings is 1. The van der Waals surface area contributed by atoms with Gasteiger partial charge in [0.25, 0.3) is 5.69 Å². The molecule has 0 saturated heterocycles. The van der Waals surface area contributed by atoms with Gasteiger partial charge in [0.1, 0.15) is 5.69 Å². The summed E-state index contributed by atoms with van der Waals surface area (Å²) >= 11 is 1.52. The van der Waals surface area contributed by atoms with Crippen molar-refractivity contribution in [2.45, 2.75) is 10.9 Å². The van der Waals surface area contributed by atoms with E-state index in [1.54, 1.807) is 18.3 Å². The standard InChI is InChI=1S/C11H12N4O2S/c1-14-5-4-13-11(14)18-7-8-2-3-9(12)10(6-8)15(16)17/h2-6H,7,12H2,1H3. The lowest BCUT2D eigenvalue weighted by molar-refractivity contribution is -0.383. The Hall–Kier alpha value is -2.02. The molecule has 1 aromatic heterocycles. The van der Waals surface area contributed by atoms with E-state index >= 15 is 0 Å². The fourth-order valence-corrected chi connectivity index (χ4v) is 2.35. The van der Waals surface area contributed by atoms with Gasteiger partial charge in [0, 0.05) is 31.3 Å². The highest BCUT2D eigenvalue weighted by Crippen LogP contribution is 2.26. The van der Waals surface area contributed by atoms with Gasteiger partial charge in [-0.05, 0) is 11.6 Å². The maximum Gasteiger partial charge on any atom is 0.292 e. The zero-order valence-electron chi connectivity index (χ0n) is 9.74. The number of anilines is 1. The highest BCUT2D eigenvalue weighted by Gasteiger charge is 2.12. The summed E-state index contributed by atoms with van der Waals surface area (Å²) in [7, 11) is 1.90. The van der Waals surface area contributed by atoms with Gasteiger partial charge in [-0.2, -0.15) is 0 Å². The largest absolute Gasteiger partial charge is 0.393 e. The number of hydrogen-bond acceptors (Lipinski definition) is 5. The smallest absolute Gasteiger partial charge is 0.292 e. The summed E-state index contributed by atoms with van der Waals surface area (Å²) < 4.78 is 1.90. The maximum absolute atomic E-state index is 10.8. The van der Waals surface area contributed by atoms with Crippen molar-refractivity contribution in [3.63, 3.8) is 0 Å². The minimum Gasteiger partial charge on any atom is -0.393 e. The predicted molar refractivity (Wildman–Crippen MR) is 70.3 cm³/mol. The van der Waals surface area contributed by atoms with Gasteiger partial charge < -0.3 is 10.3 Å². The van der Waals surface area contributed by atoms with Gasteiger partial charge in [-0.1, -0.05) is 17.8 Å². The lowest BCUT2D eigenvalue weighted by atomic mass is 10.2. The average molecular weight is 264 g/mol. The van der Waals surface area contributed by atoms with Gasteiger partial charge in [-0.15, -0.1) is 0 Å². The minimum atomic E-state index is -0.468. The zero-order chi connectivity index (χ0) is 13.1. The third kappa shape index (κ3) is 2.62. The average Bonchev–Trinajstić information content (AvgIpc) is 2.73. The van der Waals surface area contributed by atoms with Crippen LogP contribution in [0.25, 0.3) is 0 Å². The first-order valence-electron chi connectivity index (χ1n) is 5.21. The number of thioether (sulfide) groups is 1. The Morgan fingerprint density at radius 2 is 2.33 bits per heavy atom. The normalized spacial score (nSPS) is 10.5. The molecule has 0 aliphatic rings. The fourth-order valence-electron chi connectivity index (χ4n) is 1.48. The molecule has 0 amide bonds. The van der Waals surface area contributed by atoms with E-state index in [-0.39, 0.29) is 11.4 Å². The summed E-state index contributed by atoms with van der Waals surface area (Å²) in [4.78, 5) is 14.5. The number of rotatable bonds is 4. The summed E-state index contributed by atoms with van der Waals surface area (Å²) in [5.74, 6) is 0.617. The Balaban J connectivity index is 2.13. The van der Waals surface area contributed by atoms with Crippen LogP contribution >= 0.6 is 11.8 Å². The molecule has 0 aliphatic carbocycles. The van der Waals surface area contributed by atoms with Gasteiger partial charge in [-0.25, -0.2) is 4.98 Å². The molecule has 0 bridgehead atoms. The molecule has 0 fully saturated rings. The molecular weight excluding hydrogens is 252 g/mol. The van der Waals surface area contributed by atoms with E-state index in [1.807, 2.05) is 17.8 Å².